The van der Waals surface area contributed by atoms with Gasteiger partial charge in [-0.3, -0.25) is 13.9 Å². The molecule has 0 spiro atoms. The fraction of sp³-hybridized carbons (Fsp3) is 0.333. The van der Waals surface area contributed by atoms with Crippen molar-refractivity contribution >= 4 is 29.3 Å². The minimum Gasteiger partial charge on any atom is -0.425 e. The van der Waals surface area contributed by atoms with Crippen LogP contribution in [0.5, 0.6) is 5.75 Å². The van der Waals surface area contributed by atoms with Gasteiger partial charge in [0.05, 0.1) is 0 Å². The first-order valence-electron chi connectivity index (χ1n) is 9.73. The first-order valence-corrected chi connectivity index (χ1v) is 9.73. The third-order valence-corrected chi connectivity index (χ3v) is 4.80. The topological polar surface area (TPSA) is 114 Å². The molecule has 0 unspecified atom stereocenters. The molecular weight excluding hydrogens is 386 g/mol. The normalized spacial score (nSPS) is 12.6. The number of carbonyl (C=O) groups excluding carboxylic acids is 1. The number of nitrogens with zero attached hydrogens (tertiary/aromatic N) is 4. The number of ether oxygens (including phenoxy) is 1. The highest BCUT2D eigenvalue weighted by molar-refractivity contribution is 5.78. The molecule has 0 radical (unpaired) electrons. The number of benzene rings is 1. The second-order valence-electron chi connectivity index (χ2n) is 6.89. The van der Waals surface area contributed by atoms with Gasteiger partial charge in [-0.05, 0) is 44.5 Å². The number of hydrogen-bond acceptors (Lipinski definition) is 6. The van der Waals surface area contributed by atoms with E-state index in [-0.39, 0.29) is 11.2 Å². The van der Waals surface area contributed by atoms with Crippen molar-refractivity contribution in [1.29, 1.82) is 0 Å². The van der Waals surface area contributed by atoms with Gasteiger partial charge < -0.3 is 15.0 Å². The fourth-order valence-corrected chi connectivity index (χ4v) is 3.12. The highest BCUT2D eigenvalue weighted by Crippen LogP contribution is 2.16. The van der Waals surface area contributed by atoms with Gasteiger partial charge in [-0.2, -0.15) is 0 Å². The summed E-state index contributed by atoms with van der Waals surface area (Å²) in [6.07, 6.45) is 3.59. The Morgan fingerprint density at radius 2 is 1.77 bits per heavy atom. The maximum Gasteiger partial charge on any atom is 0.332 e. The van der Waals surface area contributed by atoms with Gasteiger partial charge in [0, 0.05) is 20.1 Å². The predicted octanol–water partition coefficient (Wildman–Crippen LogP) is 1.36. The molecule has 9 nitrogen and oxygen atoms in total. The molecule has 1 aromatic carbocycles. The zero-order chi connectivity index (χ0) is 22.0. The Labute approximate surface area is 173 Å². The first-order chi connectivity index (χ1) is 14.3. The molecule has 0 fully saturated rings. The molecule has 3 rings (SSSR count). The fourth-order valence-electron chi connectivity index (χ4n) is 3.12. The summed E-state index contributed by atoms with van der Waals surface area (Å²) in [5.41, 5.74) is 6.39. The lowest BCUT2D eigenvalue weighted by Crippen LogP contribution is -2.39. The van der Waals surface area contributed by atoms with E-state index in [0.29, 0.717) is 35.8 Å². The monoisotopic (exact) mass is 411 g/mol. The van der Waals surface area contributed by atoms with E-state index >= 15 is 0 Å². The molecule has 2 aromatic heterocycles. The van der Waals surface area contributed by atoms with E-state index in [0.717, 1.165) is 5.56 Å². The van der Waals surface area contributed by atoms with Crippen LogP contribution in [0.4, 0.5) is 0 Å². The number of aryl methyl sites for hydroxylation is 2. The maximum absolute atomic E-state index is 12.7. The number of rotatable bonds is 6. The van der Waals surface area contributed by atoms with Crippen LogP contribution in [0.15, 0.2) is 33.9 Å². The third-order valence-electron chi connectivity index (χ3n) is 4.80. The molecule has 3 aromatic rings. The molecule has 0 aliphatic carbocycles. The Morgan fingerprint density at radius 1 is 1.13 bits per heavy atom. The quantitative estimate of drug-likeness (QED) is 0.484. The zero-order valence-electron chi connectivity index (χ0n) is 17.5. The van der Waals surface area contributed by atoms with Gasteiger partial charge in [0.25, 0.3) is 5.56 Å². The average Bonchev–Trinajstić information content (AvgIpc) is 3.04. The molecule has 0 saturated heterocycles. The van der Waals surface area contributed by atoms with Crippen LogP contribution in [0.25, 0.3) is 23.3 Å². The smallest absolute Gasteiger partial charge is 0.332 e. The molecule has 158 valence electrons. The number of carbonyl (C=O) groups is 1. The van der Waals surface area contributed by atoms with Gasteiger partial charge in [-0.15, -0.1) is 0 Å². The average molecular weight is 411 g/mol. The van der Waals surface area contributed by atoms with Crippen LogP contribution in [0, 0.1) is 0 Å². The summed E-state index contributed by atoms with van der Waals surface area (Å²) in [5, 5.41) is 0. The van der Waals surface area contributed by atoms with E-state index in [1.807, 2.05) is 13.0 Å². The van der Waals surface area contributed by atoms with Gasteiger partial charge >= 0.3 is 11.7 Å². The van der Waals surface area contributed by atoms with E-state index in [1.54, 1.807) is 55.8 Å². The van der Waals surface area contributed by atoms with E-state index in [4.69, 9.17) is 10.5 Å². The number of fused-ring (bicyclic) bond motifs is 1. The van der Waals surface area contributed by atoms with Crippen LogP contribution in [-0.4, -0.2) is 30.7 Å². The number of nitrogens with two attached hydrogens (primary N) is 1. The number of hydrogen-bond donors (Lipinski definition) is 1. The van der Waals surface area contributed by atoms with Crippen molar-refractivity contribution in [3.63, 3.8) is 0 Å². The summed E-state index contributed by atoms with van der Waals surface area (Å²) >= 11 is 0. The summed E-state index contributed by atoms with van der Waals surface area (Å²) in [5.74, 6) is 0.451. The molecule has 0 bridgehead atoms. The van der Waals surface area contributed by atoms with E-state index in [9.17, 15) is 14.4 Å². The van der Waals surface area contributed by atoms with Gasteiger partial charge in [0.2, 0.25) is 0 Å². The van der Waals surface area contributed by atoms with Crippen molar-refractivity contribution in [3.05, 3.63) is 56.5 Å². The van der Waals surface area contributed by atoms with Crippen molar-refractivity contribution in [1.82, 2.24) is 18.7 Å². The Bertz CT molecular complexity index is 1230. The standard InChI is InChI=1S/C21H25N5O4/c1-5-25-18-17(19(27)26(6-2)21(25)29)24(4)16(23-18)12-9-14-7-10-15(11-8-14)30-20(28)13(3)22/h7-13H,5-6,22H2,1-4H3/b12-9+/t13-/m0/s1. The highest BCUT2D eigenvalue weighted by atomic mass is 16.5. The molecule has 0 aliphatic rings. The molecular formula is C21H25N5O4. The van der Waals surface area contributed by atoms with Crippen LogP contribution >= 0.6 is 0 Å². The number of aromatic nitrogens is 4. The molecule has 9 heteroatoms. The first kappa shape index (κ1) is 21.3. The Morgan fingerprint density at radius 3 is 2.33 bits per heavy atom. The minimum absolute atomic E-state index is 0.295. The van der Waals surface area contributed by atoms with Crippen LogP contribution in [0.1, 0.15) is 32.2 Å². The van der Waals surface area contributed by atoms with Crippen molar-refractivity contribution in [2.45, 2.75) is 39.9 Å². The van der Waals surface area contributed by atoms with E-state index < -0.39 is 12.0 Å². The number of esters is 1. The van der Waals surface area contributed by atoms with E-state index in [2.05, 4.69) is 4.98 Å². The molecule has 0 aliphatic heterocycles. The molecule has 0 amide bonds. The van der Waals surface area contributed by atoms with E-state index in [1.165, 1.54) is 9.13 Å². The van der Waals surface area contributed by atoms with Crippen LogP contribution in [-0.2, 0) is 24.9 Å². The summed E-state index contributed by atoms with van der Waals surface area (Å²) < 4.78 is 9.55. The summed E-state index contributed by atoms with van der Waals surface area (Å²) in [6, 6.07) is 6.22. The highest BCUT2D eigenvalue weighted by Gasteiger charge is 2.17. The largest absolute Gasteiger partial charge is 0.425 e. The Hall–Kier alpha value is -3.46. The zero-order valence-corrected chi connectivity index (χ0v) is 17.5. The maximum atomic E-state index is 12.7. The van der Waals surface area contributed by atoms with Crippen LogP contribution < -0.4 is 21.7 Å². The Kier molecular flexibility index (Phi) is 6.02. The summed E-state index contributed by atoms with van der Waals surface area (Å²) in [6.45, 7) is 5.88. The van der Waals surface area contributed by atoms with Crippen molar-refractivity contribution in [2.75, 3.05) is 0 Å². The SMILES string of the molecule is CCn1c(=O)c2c(nc(/C=C/c3ccc(OC(=O)[C@H](C)N)cc3)n2C)n(CC)c1=O. The second kappa shape index (κ2) is 8.50. The van der Waals surface area contributed by atoms with Crippen LogP contribution in [0.2, 0.25) is 0 Å². The second-order valence-corrected chi connectivity index (χ2v) is 6.89. The lowest BCUT2D eigenvalue weighted by Gasteiger charge is -2.08. The molecule has 2 N–H and O–H groups in total. The Balaban J connectivity index is 1.96. The molecule has 0 saturated carbocycles. The summed E-state index contributed by atoms with van der Waals surface area (Å²) in [4.78, 5) is 41.3. The predicted molar refractivity (Wildman–Crippen MR) is 115 cm³/mol. The minimum atomic E-state index is -0.695. The summed E-state index contributed by atoms with van der Waals surface area (Å²) in [7, 11) is 1.75. The number of imidazole rings is 1. The van der Waals surface area contributed by atoms with Crippen LogP contribution in [0.3, 0.4) is 0 Å². The van der Waals surface area contributed by atoms with Gasteiger partial charge in [-0.1, -0.05) is 18.2 Å². The van der Waals surface area contributed by atoms with Gasteiger partial charge in [-0.25, -0.2) is 14.6 Å². The molecule has 30 heavy (non-hydrogen) atoms. The van der Waals surface area contributed by atoms with Crippen molar-refractivity contribution in [2.24, 2.45) is 12.8 Å². The van der Waals surface area contributed by atoms with Gasteiger partial charge in [0.15, 0.2) is 11.2 Å². The third kappa shape index (κ3) is 3.84. The lowest BCUT2D eigenvalue weighted by atomic mass is 10.2. The molecule has 1 atom stereocenters. The van der Waals surface area contributed by atoms with Crippen molar-refractivity contribution in [3.8, 4) is 5.75 Å². The van der Waals surface area contributed by atoms with Crippen molar-refractivity contribution < 1.29 is 9.53 Å². The van der Waals surface area contributed by atoms with Gasteiger partial charge in [0.1, 0.15) is 17.6 Å². The lowest BCUT2D eigenvalue weighted by molar-refractivity contribution is -0.135. The molecule has 2 heterocycles.